The van der Waals surface area contributed by atoms with Crippen molar-refractivity contribution < 1.29 is 9.53 Å². The fourth-order valence-corrected chi connectivity index (χ4v) is 7.34. The molecule has 0 N–H and O–H groups in total. The lowest BCUT2D eigenvalue weighted by Gasteiger charge is -2.53. The molecule has 2 nitrogen and oxygen atoms in total. The highest BCUT2D eigenvalue weighted by atomic mass is 32.2. The number of ketones is 1. The minimum atomic E-state index is -0.547. The molecule has 4 heteroatoms. The van der Waals surface area contributed by atoms with Gasteiger partial charge < -0.3 is 4.74 Å². The Kier molecular flexibility index (Phi) is 3.89. The number of fused-ring (bicyclic) bond motifs is 3. The zero-order valence-electron chi connectivity index (χ0n) is 16.7. The van der Waals surface area contributed by atoms with E-state index in [1.54, 1.807) is 0 Å². The van der Waals surface area contributed by atoms with Crippen LogP contribution >= 0.6 is 23.5 Å². The first-order chi connectivity index (χ1) is 13.3. The lowest BCUT2D eigenvalue weighted by Crippen LogP contribution is -2.55. The van der Waals surface area contributed by atoms with Crippen molar-refractivity contribution in [2.75, 3.05) is 6.61 Å². The van der Waals surface area contributed by atoms with Crippen LogP contribution in [0.4, 0.5) is 0 Å². The molecule has 5 rings (SSSR count). The predicted molar refractivity (Wildman–Crippen MR) is 117 cm³/mol. The highest BCUT2D eigenvalue weighted by Crippen LogP contribution is 2.62. The van der Waals surface area contributed by atoms with E-state index in [1.807, 2.05) is 41.7 Å². The van der Waals surface area contributed by atoms with Gasteiger partial charge in [0.25, 0.3) is 0 Å². The van der Waals surface area contributed by atoms with Crippen LogP contribution in [-0.4, -0.2) is 21.9 Å². The molecule has 0 saturated heterocycles. The third kappa shape index (κ3) is 2.40. The van der Waals surface area contributed by atoms with Crippen LogP contribution in [0.1, 0.15) is 50.0 Å². The molecule has 0 aliphatic carbocycles. The van der Waals surface area contributed by atoms with Crippen LogP contribution in [-0.2, 0) is 4.74 Å². The van der Waals surface area contributed by atoms with Gasteiger partial charge in [-0.05, 0) is 51.8 Å². The summed E-state index contributed by atoms with van der Waals surface area (Å²) >= 11 is 3.70. The van der Waals surface area contributed by atoms with Gasteiger partial charge in [-0.2, -0.15) is 0 Å². The van der Waals surface area contributed by atoms with E-state index in [1.165, 1.54) is 16.0 Å². The van der Waals surface area contributed by atoms with Crippen molar-refractivity contribution in [3.05, 3.63) is 65.2 Å². The van der Waals surface area contributed by atoms with Crippen LogP contribution < -0.4 is 0 Å². The van der Waals surface area contributed by atoms with Crippen molar-refractivity contribution in [2.24, 2.45) is 5.41 Å². The van der Waals surface area contributed by atoms with Crippen LogP contribution in [0.3, 0.4) is 0 Å². The van der Waals surface area contributed by atoms with E-state index in [4.69, 9.17) is 4.74 Å². The van der Waals surface area contributed by atoms with Gasteiger partial charge in [0.1, 0.15) is 12.4 Å². The van der Waals surface area contributed by atoms with E-state index in [2.05, 4.69) is 58.0 Å². The average molecular weight is 409 g/mol. The maximum Gasteiger partial charge on any atom is 0.175 e. The van der Waals surface area contributed by atoms with E-state index in [-0.39, 0.29) is 15.3 Å². The van der Waals surface area contributed by atoms with Gasteiger partial charge in [0, 0.05) is 30.4 Å². The number of ether oxygens (including phenoxy) is 1. The molecule has 0 radical (unpaired) electrons. The van der Waals surface area contributed by atoms with Crippen LogP contribution in [0, 0.1) is 5.41 Å². The first-order valence-corrected chi connectivity index (χ1v) is 11.4. The summed E-state index contributed by atoms with van der Waals surface area (Å²) in [7, 11) is 0. The number of thioether (sulfide) groups is 2. The minimum Gasteiger partial charge on any atom is -0.492 e. The Morgan fingerprint density at radius 2 is 1.46 bits per heavy atom. The maximum atomic E-state index is 13.8. The number of benzene rings is 2. The molecule has 0 unspecified atom stereocenters. The SMILES string of the molecule is CC1(C)Sc2ccccc2C2=C1C[C@]1(CO2)C(=O)c2ccccc2SC1(C)C. The molecular formula is C24H24O2S2. The first kappa shape index (κ1) is 18.4. The summed E-state index contributed by atoms with van der Waals surface area (Å²) in [6.07, 6.45) is 0.754. The topological polar surface area (TPSA) is 26.3 Å². The average Bonchev–Trinajstić information content (AvgIpc) is 2.66. The lowest BCUT2D eigenvalue weighted by molar-refractivity contribution is 0.0453. The Bertz CT molecular complexity index is 1030. The van der Waals surface area contributed by atoms with E-state index in [0.717, 1.165) is 22.6 Å². The molecule has 2 aromatic rings. The summed E-state index contributed by atoms with van der Waals surface area (Å²) < 4.78 is 6.15. The van der Waals surface area contributed by atoms with Crippen LogP contribution in [0.25, 0.3) is 5.76 Å². The van der Waals surface area contributed by atoms with E-state index in [9.17, 15) is 4.79 Å². The number of Topliss-reactive ketones (excluding diaryl/α,β-unsaturated/α-hetero) is 1. The van der Waals surface area contributed by atoms with Gasteiger partial charge in [-0.25, -0.2) is 0 Å². The molecule has 0 saturated carbocycles. The number of hydrogen-bond acceptors (Lipinski definition) is 4. The summed E-state index contributed by atoms with van der Waals surface area (Å²) in [6, 6.07) is 16.5. The Morgan fingerprint density at radius 1 is 0.857 bits per heavy atom. The predicted octanol–water partition coefficient (Wildman–Crippen LogP) is 6.46. The second kappa shape index (κ2) is 5.93. The molecule has 0 aromatic heterocycles. The molecule has 0 fully saturated rings. The van der Waals surface area contributed by atoms with Crippen LogP contribution in [0.5, 0.6) is 0 Å². The molecule has 144 valence electrons. The van der Waals surface area contributed by atoms with Crippen LogP contribution in [0.2, 0.25) is 0 Å². The third-order valence-electron chi connectivity index (χ3n) is 6.52. The maximum absolute atomic E-state index is 13.8. The van der Waals surface area contributed by atoms with Gasteiger partial charge in [-0.15, -0.1) is 23.5 Å². The fraction of sp³-hybridized carbons (Fsp3) is 0.375. The monoisotopic (exact) mass is 408 g/mol. The normalized spacial score (nSPS) is 26.9. The Labute approximate surface area is 175 Å². The van der Waals surface area contributed by atoms with E-state index >= 15 is 0 Å². The zero-order chi connectivity index (χ0) is 19.7. The van der Waals surface area contributed by atoms with Gasteiger partial charge in [0.05, 0.1) is 5.41 Å². The standard InChI is InChI=1S/C24H24O2S2/c1-22(2)17-13-24(14-26-20(17)15-9-5-7-11-18(15)27-22)21(25)16-10-6-8-12-19(16)28-23(24,3)4/h5-12H,13-14H2,1-4H3/t24-/m0/s1. The number of carbonyl (C=O) groups is 1. The molecule has 3 heterocycles. The molecule has 28 heavy (non-hydrogen) atoms. The summed E-state index contributed by atoms with van der Waals surface area (Å²) in [6.45, 7) is 9.36. The lowest BCUT2D eigenvalue weighted by atomic mass is 9.64. The third-order valence-corrected chi connectivity index (χ3v) is 9.33. The smallest absolute Gasteiger partial charge is 0.175 e. The number of carbonyl (C=O) groups excluding carboxylic acids is 1. The van der Waals surface area contributed by atoms with Crippen molar-refractivity contribution in [3.8, 4) is 0 Å². The fourth-order valence-electron chi connectivity index (χ4n) is 4.70. The van der Waals surface area contributed by atoms with E-state index in [0.29, 0.717) is 6.61 Å². The molecule has 3 aliphatic rings. The van der Waals surface area contributed by atoms with E-state index < -0.39 is 5.41 Å². The zero-order valence-corrected chi connectivity index (χ0v) is 18.3. The summed E-state index contributed by atoms with van der Waals surface area (Å²) in [5.41, 5.74) is 2.74. The molecule has 0 bridgehead atoms. The van der Waals surface area contributed by atoms with Gasteiger partial charge >= 0.3 is 0 Å². The van der Waals surface area contributed by atoms with Crippen molar-refractivity contribution in [2.45, 2.75) is 53.4 Å². The molecule has 0 amide bonds. The Hall–Kier alpha value is -1.65. The second-order valence-corrected chi connectivity index (χ2v) is 12.2. The molecule has 1 spiro atoms. The Morgan fingerprint density at radius 3 is 2.18 bits per heavy atom. The minimum absolute atomic E-state index is 0.102. The van der Waals surface area contributed by atoms with Crippen molar-refractivity contribution >= 4 is 35.1 Å². The number of hydrogen-bond donors (Lipinski definition) is 0. The van der Waals surface area contributed by atoms with Crippen molar-refractivity contribution in [3.63, 3.8) is 0 Å². The second-order valence-electron chi connectivity index (χ2n) is 8.90. The first-order valence-electron chi connectivity index (χ1n) is 9.73. The summed E-state index contributed by atoms with van der Waals surface area (Å²) in [4.78, 5) is 16.2. The highest BCUT2D eigenvalue weighted by molar-refractivity contribution is 8.01. The summed E-state index contributed by atoms with van der Waals surface area (Å²) in [5.74, 6) is 1.23. The number of rotatable bonds is 0. The molecule has 1 atom stereocenters. The van der Waals surface area contributed by atoms with Crippen molar-refractivity contribution in [1.29, 1.82) is 0 Å². The Balaban J connectivity index is 1.67. The quantitative estimate of drug-likeness (QED) is 0.500. The molecule has 2 aromatic carbocycles. The molecule has 3 aliphatic heterocycles. The highest BCUT2D eigenvalue weighted by Gasteiger charge is 2.59. The largest absolute Gasteiger partial charge is 0.492 e. The van der Waals surface area contributed by atoms with Crippen molar-refractivity contribution in [1.82, 2.24) is 0 Å². The van der Waals surface area contributed by atoms with Gasteiger partial charge in [-0.3, -0.25) is 4.79 Å². The van der Waals surface area contributed by atoms with Gasteiger partial charge in [-0.1, -0.05) is 36.4 Å². The van der Waals surface area contributed by atoms with Crippen LogP contribution in [0.15, 0.2) is 63.9 Å². The van der Waals surface area contributed by atoms with Gasteiger partial charge in [0.15, 0.2) is 5.78 Å². The molecular weight excluding hydrogens is 384 g/mol. The summed E-state index contributed by atoms with van der Waals surface area (Å²) in [5, 5.41) is 0. The van der Waals surface area contributed by atoms with Gasteiger partial charge in [0.2, 0.25) is 0 Å².